The number of nitrogen functional groups attached to an aromatic ring is 1. The molecule has 0 amide bonds. The molecule has 2 aromatic heterocycles. The molecule has 2 heterocycles. The van der Waals surface area contributed by atoms with Gasteiger partial charge in [-0.05, 0) is 6.07 Å². The van der Waals surface area contributed by atoms with Crippen LogP contribution in [0.2, 0.25) is 0 Å². The molecule has 0 aromatic carbocycles. The highest BCUT2D eigenvalue weighted by molar-refractivity contribution is 5.68. The molecule has 2 aromatic rings. The third kappa shape index (κ3) is 1.93. The molecule has 0 bridgehead atoms. The number of anilines is 3. The zero-order valence-corrected chi connectivity index (χ0v) is 8.68. The topological polar surface area (TPSA) is 92.5 Å². The highest BCUT2D eigenvalue weighted by atomic mass is 15.3. The summed E-state index contributed by atoms with van der Waals surface area (Å²) in [7, 11) is 1.82. The summed E-state index contributed by atoms with van der Waals surface area (Å²) >= 11 is 0. The fourth-order valence-corrected chi connectivity index (χ4v) is 1.27. The minimum absolute atomic E-state index is 0.433. The van der Waals surface area contributed by atoms with Gasteiger partial charge in [0, 0.05) is 19.4 Å². The van der Waals surface area contributed by atoms with Crippen molar-refractivity contribution in [1.29, 1.82) is 5.26 Å². The van der Waals surface area contributed by atoms with Gasteiger partial charge in [-0.3, -0.25) is 4.68 Å². The lowest BCUT2D eigenvalue weighted by atomic mass is 10.3. The number of aryl methyl sites for hydroxylation is 1. The van der Waals surface area contributed by atoms with E-state index in [2.05, 4.69) is 15.4 Å². The molecule has 0 aliphatic heterocycles. The zero-order valence-electron chi connectivity index (χ0n) is 8.68. The zero-order chi connectivity index (χ0) is 11.5. The Morgan fingerprint density at radius 3 is 2.88 bits per heavy atom. The van der Waals surface area contributed by atoms with Gasteiger partial charge in [0.25, 0.3) is 0 Å². The highest BCUT2D eigenvalue weighted by Crippen LogP contribution is 2.20. The van der Waals surface area contributed by atoms with Crippen LogP contribution in [0.4, 0.5) is 17.2 Å². The van der Waals surface area contributed by atoms with Crippen molar-refractivity contribution in [2.75, 3.05) is 11.1 Å². The molecule has 3 N–H and O–H groups in total. The first-order chi connectivity index (χ1) is 7.69. The van der Waals surface area contributed by atoms with E-state index in [4.69, 9.17) is 11.0 Å². The van der Waals surface area contributed by atoms with E-state index in [0.29, 0.717) is 17.1 Å². The number of nitrogens with one attached hydrogen (secondary N) is 1. The van der Waals surface area contributed by atoms with Gasteiger partial charge in [-0.25, -0.2) is 4.98 Å². The Labute approximate surface area is 92.3 Å². The molecule has 0 fully saturated rings. The van der Waals surface area contributed by atoms with E-state index >= 15 is 0 Å². The number of nitrogens with two attached hydrogens (primary N) is 1. The van der Waals surface area contributed by atoms with Crippen molar-refractivity contribution in [3.8, 4) is 6.07 Å². The van der Waals surface area contributed by atoms with Crippen LogP contribution in [0, 0.1) is 11.3 Å². The molecular weight excluding hydrogens is 204 g/mol. The summed E-state index contributed by atoms with van der Waals surface area (Å²) in [5, 5.41) is 15.7. The van der Waals surface area contributed by atoms with Crippen LogP contribution < -0.4 is 11.1 Å². The van der Waals surface area contributed by atoms with Gasteiger partial charge in [-0.1, -0.05) is 0 Å². The van der Waals surface area contributed by atoms with Crippen molar-refractivity contribution in [2.24, 2.45) is 7.05 Å². The Hall–Kier alpha value is -2.55. The van der Waals surface area contributed by atoms with Gasteiger partial charge >= 0.3 is 0 Å². The quantitative estimate of drug-likeness (QED) is 0.778. The molecule has 0 saturated carbocycles. The fourth-order valence-electron chi connectivity index (χ4n) is 1.27. The predicted molar refractivity (Wildman–Crippen MR) is 59.9 cm³/mol. The molecule has 0 atom stereocenters. The number of hydrogen-bond acceptors (Lipinski definition) is 5. The van der Waals surface area contributed by atoms with E-state index < -0.39 is 0 Å². The van der Waals surface area contributed by atoms with Crippen molar-refractivity contribution >= 4 is 17.2 Å². The van der Waals surface area contributed by atoms with E-state index in [-0.39, 0.29) is 0 Å². The lowest BCUT2D eigenvalue weighted by Crippen LogP contribution is -1.99. The van der Waals surface area contributed by atoms with Crippen molar-refractivity contribution in [3.63, 3.8) is 0 Å². The standard InChI is InChI=1S/C10H10N6/c1-16-6-8(5-14-16)15-10-9(12)2-7(3-11)4-13-10/h2,4-6H,12H2,1H3,(H,13,15). The van der Waals surface area contributed by atoms with Crippen LogP contribution in [-0.4, -0.2) is 14.8 Å². The number of nitrogens with zero attached hydrogens (tertiary/aromatic N) is 4. The summed E-state index contributed by atoms with van der Waals surface area (Å²) < 4.78 is 1.67. The van der Waals surface area contributed by atoms with Crippen molar-refractivity contribution < 1.29 is 0 Å². The van der Waals surface area contributed by atoms with Crippen molar-refractivity contribution in [2.45, 2.75) is 0 Å². The second kappa shape index (κ2) is 3.90. The molecule has 16 heavy (non-hydrogen) atoms. The molecule has 6 nitrogen and oxygen atoms in total. The van der Waals surface area contributed by atoms with E-state index in [1.807, 2.05) is 13.1 Å². The van der Waals surface area contributed by atoms with Gasteiger partial charge in [-0.2, -0.15) is 10.4 Å². The first kappa shape index (κ1) is 9.98. The third-order valence-electron chi connectivity index (χ3n) is 2.01. The minimum atomic E-state index is 0.433. The molecule has 6 heteroatoms. The smallest absolute Gasteiger partial charge is 0.153 e. The highest BCUT2D eigenvalue weighted by Gasteiger charge is 2.03. The van der Waals surface area contributed by atoms with Gasteiger partial charge in [0.15, 0.2) is 5.82 Å². The van der Waals surface area contributed by atoms with Crippen LogP contribution in [0.3, 0.4) is 0 Å². The lowest BCUT2D eigenvalue weighted by molar-refractivity contribution is 0.768. The molecule has 0 spiro atoms. The molecule has 0 unspecified atom stereocenters. The Bertz CT molecular complexity index is 551. The number of hydrogen-bond donors (Lipinski definition) is 2. The summed E-state index contributed by atoms with van der Waals surface area (Å²) in [5.41, 5.74) is 7.42. The van der Waals surface area contributed by atoms with Crippen LogP contribution in [0.15, 0.2) is 24.7 Å². The SMILES string of the molecule is Cn1cc(Nc2ncc(C#N)cc2N)cn1. The maximum Gasteiger partial charge on any atom is 0.153 e. The molecule has 80 valence electrons. The number of pyridine rings is 1. The molecule has 0 aliphatic rings. The Morgan fingerprint density at radius 1 is 1.50 bits per heavy atom. The number of aromatic nitrogens is 3. The largest absolute Gasteiger partial charge is 0.396 e. The maximum absolute atomic E-state index is 8.67. The predicted octanol–water partition coefficient (Wildman–Crippen LogP) is 1.01. The second-order valence-corrected chi connectivity index (χ2v) is 3.30. The Kier molecular flexibility index (Phi) is 2.44. The molecule has 0 saturated heterocycles. The van der Waals surface area contributed by atoms with E-state index in [0.717, 1.165) is 5.69 Å². The molecule has 2 rings (SSSR count). The maximum atomic E-state index is 8.67. The van der Waals surface area contributed by atoms with Crippen molar-refractivity contribution in [1.82, 2.24) is 14.8 Å². The molecular formula is C10H10N6. The fraction of sp³-hybridized carbons (Fsp3) is 0.100. The van der Waals surface area contributed by atoms with E-state index in [1.54, 1.807) is 23.1 Å². The van der Waals surface area contributed by atoms with Gasteiger partial charge in [0.05, 0.1) is 23.1 Å². The average Bonchev–Trinajstić information content (AvgIpc) is 2.67. The van der Waals surface area contributed by atoms with Crippen LogP contribution in [0.25, 0.3) is 0 Å². The second-order valence-electron chi connectivity index (χ2n) is 3.30. The summed E-state index contributed by atoms with van der Waals surface area (Å²) in [6, 6.07) is 3.55. The summed E-state index contributed by atoms with van der Waals surface area (Å²) in [5.74, 6) is 0.520. The lowest BCUT2D eigenvalue weighted by Gasteiger charge is -2.05. The molecule has 0 radical (unpaired) electrons. The Morgan fingerprint density at radius 2 is 2.31 bits per heavy atom. The van der Waals surface area contributed by atoms with Gasteiger partial charge in [0.2, 0.25) is 0 Å². The summed E-state index contributed by atoms with van der Waals surface area (Å²) in [6.45, 7) is 0. The van der Waals surface area contributed by atoms with Crippen LogP contribution in [-0.2, 0) is 7.05 Å². The van der Waals surface area contributed by atoms with Gasteiger partial charge < -0.3 is 11.1 Å². The number of rotatable bonds is 2. The van der Waals surface area contributed by atoms with E-state index in [9.17, 15) is 0 Å². The average molecular weight is 214 g/mol. The Balaban J connectivity index is 2.26. The first-order valence-electron chi connectivity index (χ1n) is 4.60. The van der Waals surface area contributed by atoms with Gasteiger partial charge in [-0.15, -0.1) is 0 Å². The monoisotopic (exact) mass is 214 g/mol. The normalized spacial score (nSPS) is 9.75. The van der Waals surface area contributed by atoms with Crippen molar-refractivity contribution in [3.05, 3.63) is 30.2 Å². The third-order valence-corrected chi connectivity index (χ3v) is 2.01. The minimum Gasteiger partial charge on any atom is -0.396 e. The van der Waals surface area contributed by atoms with Gasteiger partial charge in [0.1, 0.15) is 6.07 Å². The summed E-state index contributed by atoms with van der Waals surface area (Å²) in [6.07, 6.45) is 4.94. The number of nitriles is 1. The summed E-state index contributed by atoms with van der Waals surface area (Å²) in [4.78, 5) is 4.06. The molecule has 0 aliphatic carbocycles. The van der Waals surface area contributed by atoms with E-state index in [1.165, 1.54) is 6.20 Å². The first-order valence-corrected chi connectivity index (χ1v) is 4.60. The van der Waals surface area contributed by atoms with Crippen LogP contribution >= 0.6 is 0 Å². The van der Waals surface area contributed by atoms with Crippen LogP contribution in [0.5, 0.6) is 0 Å². The van der Waals surface area contributed by atoms with Crippen LogP contribution in [0.1, 0.15) is 5.56 Å².